The molecule has 3 aromatic rings. The third-order valence-corrected chi connectivity index (χ3v) is 4.58. The average molecular weight is 382 g/mol. The summed E-state index contributed by atoms with van der Waals surface area (Å²) < 4.78 is 1.38. The lowest BCUT2D eigenvalue weighted by atomic mass is 9.88. The van der Waals surface area contributed by atoms with Gasteiger partial charge in [0.25, 0.3) is 0 Å². The topological polar surface area (TPSA) is 104 Å². The highest BCUT2D eigenvalue weighted by Gasteiger charge is 2.32. The van der Waals surface area contributed by atoms with Gasteiger partial charge in [-0.3, -0.25) is 4.79 Å². The van der Waals surface area contributed by atoms with Gasteiger partial charge in [-0.15, -0.1) is 5.10 Å². The van der Waals surface area contributed by atoms with Crippen LogP contribution in [0.15, 0.2) is 41.3 Å². The highest BCUT2D eigenvalue weighted by molar-refractivity contribution is 5.87. The zero-order valence-corrected chi connectivity index (χ0v) is 16.6. The fraction of sp³-hybridized carbons (Fsp3) is 0.400. The molecule has 0 aliphatic carbocycles. The van der Waals surface area contributed by atoms with Crippen LogP contribution in [0.2, 0.25) is 0 Å². The molecule has 0 bridgehead atoms. The van der Waals surface area contributed by atoms with E-state index < -0.39 is 5.41 Å². The lowest BCUT2D eigenvalue weighted by Crippen LogP contribution is -2.42. The fourth-order valence-corrected chi connectivity index (χ4v) is 2.89. The molecule has 3 rings (SSSR count). The number of carbonyl (C=O) groups excluding carboxylic acids is 1. The van der Waals surface area contributed by atoms with Crippen molar-refractivity contribution in [3.63, 3.8) is 0 Å². The molecule has 1 aromatic carbocycles. The summed E-state index contributed by atoms with van der Waals surface area (Å²) in [6, 6.07) is 10.1. The van der Waals surface area contributed by atoms with Crippen molar-refractivity contribution in [2.75, 3.05) is 11.9 Å². The Morgan fingerprint density at radius 2 is 1.96 bits per heavy atom. The van der Waals surface area contributed by atoms with Gasteiger partial charge < -0.3 is 10.6 Å². The van der Waals surface area contributed by atoms with Crippen molar-refractivity contribution >= 4 is 17.4 Å². The van der Waals surface area contributed by atoms with Crippen LogP contribution in [0, 0.1) is 0 Å². The first kappa shape index (κ1) is 19.6. The van der Waals surface area contributed by atoms with Gasteiger partial charge in [0.05, 0.1) is 11.1 Å². The summed E-state index contributed by atoms with van der Waals surface area (Å²) in [5.74, 6) is 0.318. The van der Waals surface area contributed by atoms with Gasteiger partial charge in [-0.2, -0.15) is 0 Å². The number of amides is 1. The normalized spacial score (nSPS) is 11.8. The summed E-state index contributed by atoms with van der Waals surface area (Å²) in [6.45, 7) is 8.05. The molecular formula is C20H26N6O2. The largest absolute Gasteiger partial charge is 0.365 e. The number of hydrogen-bond donors (Lipinski definition) is 3. The van der Waals surface area contributed by atoms with Gasteiger partial charge in [0.15, 0.2) is 5.82 Å². The van der Waals surface area contributed by atoms with Crippen LogP contribution in [0.4, 0.5) is 5.82 Å². The molecule has 0 aliphatic heterocycles. The Kier molecular flexibility index (Phi) is 5.48. The third kappa shape index (κ3) is 4.05. The van der Waals surface area contributed by atoms with Crippen molar-refractivity contribution in [1.29, 1.82) is 0 Å². The van der Waals surface area contributed by atoms with E-state index in [1.807, 2.05) is 44.2 Å². The number of nitrogens with zero attached hydrogens (tertiary/aromatic N) is 3. The van der Waals surface area contributed by atoms with Crippen molar-refractivity contribution in [2.24, 2.45) is 0 Å². The zero-order chi connectivity index (χ0) is 20.3. The van der Waals surface area contributed by atoms with Crippen LogP contribution >= 0.6 is 0 Å². The molecule has 2 heterocycles. The summed E-state index contributed by atoms with van der Waals surface area (Å²) in [5.41, 5.74) is 0.764. The van der Waals surface area contributed by atoms with Crippen molar-refractivity contribution in [3.8, 4) is 0 Å². The quantitative estimate of drug-likeness (QED) is 0.579. The van der Waals surface area contributed by atoms with E-state index in [1.54, 1.807) is 20.0 Å². The maximum Gasteiger partial charge on any atom is 0.347 e. The predicted molar refractivity (Wildman–Crippen MR) is 109 cm³/mol. The standard InChI is InChI=1S/C20H26N6O2/c1-13(2)22-16-17-24-25-19(28)26(17)12-15(23-16)20(3,4)18(27)21-11-10-14-8-6-5-7-9-14/h5-9,12-13H,10-11H2,1-4H3,(H,21,27)(H,22,23)(H,25,28). The second-order valence-electron chi connectivity index (χ2n) is 7.61. The smallest absolute Gasteiger partial charge is 0.347 e. The summed E-state index contributed by atoms with van der Waals surface area (Å²) in [4.78, 5) is 29.5. The molecule has 0 aliphatic rings. The van der Waals surface area contributed by atoms with Gasteiger partial charge in [0.2, 0.25) is 11.6 Å². The second kappa shape index (κ2) is 7.84. The minimum atomic E-state index is -0.922. The van der Waals surface area contributed by atoms with Crippen molar-refractivity contribution < 1.29 is 4.79 Å². The van der Waals surface area contributed by atoms with Gasteiger partial charge in [-0.05, 0) is 39.7 Å². The first-order valence-corrected chi connectivity index (χ1v) is 9.36. The molecule has 28 heavy (non-hydrogen) atoms. The van der Waals surface area contributed by atoms with Gasteiger partial charge in [-0.1, -0.05) is 30.3 Å². The summed E-state index contributed by atoms with van der Waals surface area (Å²) >= 11 is 0. The van der Waals surface area contributed by atoms with Crippen molar-refractivity contribution in [2.45, 2.75) is 45.6 Å². The SMILES string of the molecule is CC(C)Nc1nc(C(C)(C)C(=O)NCCc2ccccc2)cn2c(=O)[nH]nc12. The monoisotopic (exact) mass is 382 g/mol. The Balaban J connectivity index is 1.83. The van der Waals surface area contributed by atoms with Crippen LogP contribution in [0.1, 0.15) is 39.0 Å². The molecule has 0 fully saturated rings. The Labute approximate surface area is 163 Å². The Morgan fingerprint density at radius 3 is 2.64 bits per heavy atom. The van der Waals surface area contributed by atoms with E-state index in [9.17, 15) is 9.59 Å². The molecule has 2 aromatic heterocycles. The number of benzene rings is 1. The summed E-state index contributed by atoms with van der Waals surface area (Å²) in [6.07, 6.45) is 2.32. The average Bonchev–Trinajstić information content (AvgIpc) is 3.03. The number of fused-ring (bicyclic) bond motifs is 1. The molecule has 0 saturated carbocycles. The molecule has 0 radical (unpaired) electrons. The van der Waals surface area contributed by atoms with Gasteiger partial charge in [0.1, 0.15) is 0 Å². The van der Waals surface area contributed by atoms with E-state index in [4.69, 9.17) is 0 Å². The maximum atomic E-state index is 12.9. The molecule has 0 atom stereocenters. The number of aromatic amines is 1. The number of anilines is 1. The Bertz CT molecular complexity index is 1020. The minimum absolute atomic E-state index is 0.0983. The molecule has 148 valence electrons. The van der Waals surface area contributed by atoms with Crippen LogP contribution in [-0.4, -0.2) is 38.1 Å². The molecule has 1 amide bonds. The zero-order valence-electron chi connectivity index (χ0n) is 16.6. The number of nitrogens with one attached hydrogen (secondary N) is 3. The number of H-pyrrole nitrogens is 1. The summed E-state index contributed by atoms with van der Waals surface area (Å²) in [5, 5.41) is 12.6. The molecule has 8 heteroatoms. The first-order chi connectivity index (χ1) is 13.3. The van der Waals surface area contributed by atoms with Crippen LogP contribution < -0.4 is 16.3 Å². The molecule has 0 spiro atoms. The predicted octanol–water partition coefficient (Wildman–Crippen LogP) is 1.87. The third-order valence-electron chi connectivity index (χ3n) is 4.58. The van der Waals surface area contributed by atoms with Crippen LogP contribution in [-0.2, 0) is 16.6 Å². The van der Waals surface area contributed by atoms with E-state index in [2.05, 4.69) is 25.8 Å². The van der Waals surface area contributed by atoms with E-state index in [0.717, 1.165) is 12.0 Å². The highest BCUT2D eigenvalue weighted by atomic mass is 16.2. The number of carbonyl (C=O) groups is 1. The Morgan fingerprint density at radius 1 is 1.25 bits per heavy atom. The van der Waals surface area contributed by atoms with Gasteiger partial charge in [0, 0.05) is 18.8 Å². The van der Waals surface area contributed by atoms with Crippen molar-refractivity contribution in [3.05, 3.63) is 58.3 Å². The van der Waals surface area contributed by atoms with E-state index in [1.165, 1.54) is 4.40 Å². The minimum Gasteiger partial charge on any atom is -0.365 e. The molecule has 0 unspecified atom stereocenters. The molecule has 8 nitrogen and oxygen atoms in total. The van der Waals surface area contributed by atoms with Crippen LogP contribution in [0.25, 0.3) is 5.65 Å². The number of rotatable bonds is 7. The maximum absolute atomic E-state index is 12.9. The highest BCUT2D eigenvalue weighted by Crippen LogP contribution is 2.24. The van der Waals surface area contributed by atoms with E-state index in [-0.39, 0.29) is 17.6 Å². The molecular weight excluding hydrogens is 356 g/mol. The second-order valence-corrected chi connectivity index (χ2v) is 7.61. The molecule has 3 N–H and O–H groups in total. The fourth-order valence-electron chi connectivity index (χ4n) is 2.89. The lowest BCUT2D eigenvalue weighted by molar-refractivity contribution is -0.125. The van der Waals surface area contributed by atoms with E-state index in [0.29, 0.717) is 23.7 Å². The Hall–Kier alpha value is -3.16. The van der Waals surface area contributed by atoms with E-state index >= 15 is 0 Å². The van der Waals surface area contributed by atoms with Gasteiger partial charge in [-0.25, -0.2) is 19.3 Å². The first-order valence-electron chi connectivity index (χ1n) is 9.36. The van der Waals surface area contributed by atoms with Crippen molar-refractivity contribution in [1.82, 2.24) is 24.9 Å². The molecule has 0 saturated heterocycles. The van der Waals surface area contributed by atoms with Crippen LogP contribution in [0.3, 0.4) is 0 Å². The summed E-state index contributed by atoms with van der Waals surface area (Å²) in [7, 11) is 0. The van der Waals surface area contributed by atoms with Gasteiger partial charge >= 0.3 is 5.69 Å². The number of hydrogen-bond acceptors (Lipinski definition) is 5. The van der Waals surface area contributed by atoms with Crippen LogP contribution in [0.5, 0.6) is 0 Å². The number of aromatic nitrogens is 4. The lowest BCUT2D eigenvalue weighted by Gasteiger charge is -2.24.